The highest BCUT2D eigenvalue weighted by Crippen LogP contribution is 2.17. The first-order valence-corrected chi connectivity index (χ1v) is 5.77. The minimum absolute atomic E-state index is 0.330. The summed E-state index contributed by atoms with van der Waals surface area (Å²) in [5.74, 6) is 0.575. The van der Waals surface area contributed by atoms with Crippen LogP contribution in [0, 0.1) is 5.92 Å². The Bertz CT molecular complexity index is 284. The average molecular weight is 227 g/mol. The lowest BCUT2D eigenvalue weighted by Gasteiger charge is -2.23. The van der Waals surface area contributed by atoms with Crippen molar-refractivity contribution in [1.29, 1.82) is 0 Å². The molecule has 2 unspecified atom stereocenters. The molecule has 15 heavy (non-hydrogen) atoms. The Morgan fingerprint density at radius 1 is 1.33 bits per heavy atom. The fraction of sp³-hybridized carbons (Fsp3) is 0.500. The summed E-state index contributed by atoms with van der Waals surface area (Å²) in [6.45, 7) is 5.04. The molecular formula is C12H19ClN2. The first-order valence-electron chi connectivity index (χ1n) is 5.39. The van der Waals surface area contributed by atoms with Gasteiger partial charge in [-0.15, -0.1) is 0 Å². The number of benzene rings is 1. The number of hydrogen-bond donors (Lipinski definition) is 2. The fourth-order valence-electron chi connectivity index (χ4n) is 1.48. The van der Waals surface area contributed by atoms with E-state index in [1.165, 1.54) is 0 Å². The minimum Gasteiger partial charge on any atom is -0.381 e. The van der Waals surface area contributed by atoms with Gasteiger partial charge in [0.15, 0.2) is 0 Å². The molecule has 0 heterocycles. The van der Waals surface area contributed by atoms with Crippen LogP contribution in [-0.2, 0) is 0 Å². The van der Waals surface area contributed by atoms with Crippen LogP contribution in [0.2, 0.25) is 5.02 Å². The van der Waals surface area contributed by atoms with Crippen LogP contribution in [0.15, 0.2) is 24.3 Å². The molecule has 0 spiro atoms. The van der Waals surface area contributed by atoms with Crippen molar-refractivity contribution in [1.82, 2.24) is 0 Å². The summed E-state index contributed by atoms with van der Waals surface area (Å²) >= 11 is 5.82. The van der Waals surface area contributed by atoms with Crippen LogP contribution >= 0.6 is 11.6 Å². The number of nitrogens with one attached hydrogen (secondary N) is 1. The molecule has 1 aromatic carbocycles. The van der Waals surface area contributed by atoms with Crippen LogP contribution < -0.4 is 11.1 Å². The molecule has 2 atom stereocenters. The zero-order valence-corrected chi connectivity index (χ0v) is 10.1. The second kappa shape index (κ2) is 5.99. The molecule has 84 valence electrons. The molecule has 2 nitrogen and oxygen atoms in total. The summed E-state index contributed by atoms with van der Waals surface area (Å²) in [5.41, 5.74) is 6.82. The molecule has 0 aliphatic rings. The normalized spacial score (nSPS) is 14.7. The van der Waals surface area contributed by atoms with Crippen LogP contribution in [0.1, 0.15) is 20.3 Å². The molecule has 0 aromatic heterocycles. The largest absolute Gasteiger partial charge is 0.381 e. The average Bonchev–Trinajstić information content (AvgIpc) is 2.27. The maximum atomic E-state index is 5.82. The van der Waals surface area contributed by atoms with Crippen LogP contribution in [-0.4, -0.2) is 12.6 Å². The van der Waals surface area contributed by atoms with Crippen LogP contribution in [0.5, 0.6) is 0 Å². The van der Waals surface area contributed by atoms with Crippen molar-refractivity contribution < 1.29 is 0 Å². The molecule has 1 aromatic rings. The Labute approximate surface area is 96.8 Å². The molecule has 0 saturated heterocycles. The Kier molecular flexibility index (Phi) is 4.92. The maximum absolute atomic E-state index is 5.82. The first-order chi connectivity index (χ1) is 7.17. The van der Waals surface area contributed by atoms with Crippen LogP contribution in [0.3, 0.4) is 0 Å². The van der Waals surface area contributed by atoms with Gasteiger partial charge in [0.05, 0.1) is 0 Å². The predicted molar refractivity (Wildman–Crippen MR) is 67.4 cm³/mol. The number of anilines is 1. The van der Waals surface area contributed by atoms with E-state index >= 15 is 0 Å². The summed E-state index contributed by atoms with van der Waals surface area (Å²) in [6, 6.07) is 8.05. The predicted octanol–water partition coefficient (Wildman–Crippen LogP) is 3.13. The van der Waals surface area contributed by atoms with Crippen molar-refractivity contribution in [2.24, 2.45) is 11.7 Å². The Hall–Kier alpha value is -0.730. The zero-order valence-electron chi connectivity index (χ0n) is 9.33. The topological polar surface area (TPSA) is 38.0 Å². The van der Waals surface area contributed by atoms with Gasteiger partial charge in [-0.1, -0.05) is 31.9 Å². The highest BCUT2D eigenvalue weighted by Gasteiger charge is 2.13. The third-order valence-corrected chi connectivity index (χ3v) is 3.03. The molecule has 0 fully saturated rings. The van der Waals surface area contributed by atoms with E-state index in [9.17, 15) is 0 Å². The van der Waals surface area contributed by atoms with E-state index in [2.05, 4.69) is 19.2 Å². The number of hydrogen-bond acceptors (Lipinski definition) is 2. The summed E-state index contributed by atoms with van der Waals surface area (Å²) in [6.07, 6.45) is 1.13. The zero-order chi connectivity index (χ0) is 11.3. The van der Waals surface area contributed by atoms with Crippen molar-refractivity contribution in [2.75, 3.05) is 11.9 Å². The number of rotatable bonds is 5. The van der Waals surface area contributed by atoms with Gasteiger partial charge in [-0.2, -0.15) is 0 Å². The molecule has 1 rings (SSSR count). The SMILES string of the molecule is CCC(C)C(CN)Nc1ccc(Cl)cc1. The summed E-state index contributed by atoms with van der Waals surface area (Å²) in [7, 11) is 0. The van der Waals surface area contributed by atoms with Crippen LogP contribution in [0.25, 0.3) is 0 Å². The van der Waals surface area contributed by atoms with E-state index in [-0.39, 0.29) is 0 Å². The molecule has 0 saturated carbocycles. The van der Waals surface area contributed by atoms with E-state index < -0.39 is 0 Å². The van der Waals surface area contributed by atoms with Crippen LogP contribution in [0.4, 0.5) is 5.69 Å². The quantitative estimate of drug-likeness (QED) is 0.810. The van der Waals surface area contributed by atoms with Gasteiger partial charge in [0.2, 0.25) is 0 Å². The lowest BCUT2D eigenvalue weighted by atomic mass is 9.99. The highest BCUT2D eigenvalue weighted by molar-refractivity contribution is 6.30. The van der Waals surface area contributed by atoms with Gasteiger partial charge in [-0.3, -0.25) is 0 Å². The summed E-state index contributed by atoms with van der Waals surface area (Å²) in [5, 5.41) is 4.18. The smallest absolute Gasteiger partial charge is 0.0409 e. The highest BCUT2D eigenvalue weighted by atomic mass is 35.5. The van der Waals surface area contributed by atoms with Crippen molar-refractivity contribution >= 4 is 17.3 Å². The first kappa shape index (κ1) is 12.3. The molecule has 0 bridgehead atoms. The number of nitrogens with two attached hydrogens (primary N) is 1. The van der Waals surface area contributed by atoms with Crippen molar-refractivity contribution in [3.63, 3.8) is 0 Å². The Morgan fingerprint density at radius 2 is 1.93 bits per heavy atom. The second-order valence-electron chi connectivity index (χ2n) is 3.88. The van der Waals surface area contributed by atoms with Gasteiger partial charge in [0, 0.05) is 23.3 Å². The fourth-order valence-corrected chi connectivity index (χ4v) is 1.60. The van der Waals surface area contributed by atoms with E-state index in [4.69, 9.17) is 17.3 Å². The molecule has 0 amide bonds. The Morgan fingerprint density at radius 3 is 2.40 bits per heavy atom. The van der Waals surface area contributed by atoms with Gasteiger partial charge >= 0.3 is 0 Å². The van der Waals surface area contributed by atoms with Crippen molar-refractivity contribution in [2.45, 2.75) is 26.3 Å². The summed E-state index contributed by atoms with van der Waals surface area (Å²) < 4.78 is 0. The molecule has 3 N–H and O–H groups in total. The molecular weight excluding hydrogens is 208 g/mol. The third kappa shape index (κ3) is 3.73. The van der Waals surface area contributed by atoms with E-state index in [1.54, 1.807) is 0 Å². The molecule has 3 heteroatoms. The van der Waals surface area contributed by atoms with Gasteiger partial charge < -0.3 is 11.1 Å². The third-order valence-electron chi connectivity index (χ3n) is 2.78. The number of halogens is 1. The van der Waals surface area contributed by atoms with E-state index in [1.807, 2.05) is 24.3 Å². The van der Waals surface area contributed by atoms with Gasteiger partial charge in [0.1, 0.15) is 0 Å². The van der Waals surface area contributed by atoms with Crippen molar-refractivity contribution in [3.05, 3.63) is 29.3 Å². The van der Waals surface area contributed by atoms with Gasteiger partial charge in [-0.25, -0.2) is 0 Å². The lowest BCUT2D eigenvalue weighted by molar-refractivity contribution is 0.474. The van der Waals surface area contributed by atoms with E-state index in [0.717, 1.165) is 17.1 Å². The lowest BCUT2D eigenvalue weighted by Crippen LogP contribution is -2.34. The standard InChI is InChI=1S/C12H19ClN2/c1-3-9(2)12(8-14)15-11-6-4-10(13)5-7-11/h4-7,9,12,15H,3,8,14H2,1-2H3. The minimum atomic E-state index is 0.330. The summed E-state index contributed by atoms with van der Waals surface area (Å²) in [4.78, 5) is 0. The maximum Gasteiger partial charge on any atom is 0.0409 e. The van der Waals surface area contributed by atoms with E-state index in [0.29, 0.717) is 18.5 Å². The monoisotopic (exact) mass is 226 g/mol. The van der Waals surface area contributed by atoms with Gasteiger partial charge in [0.25, 0.3) is 0 Å². The molecule has 0 aliphatic heterocycles. The van der Waals surface area contributed by atoms with Gasteiger partial charge in [-0.05, 0) is 30.2 Å². The second-order valence-corrected chi connectivity index (χ2v) is 4.32. The molecule has 0 aliphatic carbocycles. The Balaban J connectivity index is 2.62. The molecule has 0 radical (unpaired) electrons. The van der Waals surface area contributed by atoms with Crippen molar-refractivity contribution in [3.8, 4) is 0 Å².